The largest absolute Gasteiger partial charge is 0.433 e. The minimum Gasteiger partial charge on any atom is -0.367 e. The van der Waals surface area contributed by atoms with E-state index in [0.29, 0.717) is 0 Å². The monoisotopic (exact) mass is 290 g/mol. The lowest BCUT2D eigenvalue weighted by atomic mass is 10.1. The quantitative estimate of drug-likeness (QED) is 0.575. The van der Waals surface area contributed by atoms with Crippen molar-refractivity contribution in [3.63, 3.8) is 0 Å². The van der Waals surface area contributed by atoms with Gasteiger partial charge in [-0.05, 0) is 33.0 Å². The van der Waals surface area contributed by atoms with E-state index in [1.807, 2.05) is 7.05 Å². The second kappa shape index (κ2) is 5.80. The van der Waals surface area contributed by atoms with Crippen LogP contribution < -0.4 is 16.6 Å². The van der Waals surface area contributed by atoms with E-state index in [9.17, 15) is 13.2 Å². The zero-order valence-electron chi connectivity index (χ0n) is 11.0. The van der Waals surface area contributed by atoms with Crippen LogP contribution in [0.3, 0.4) is 0 Å². The van der Waals surface area contributed by atoms with Crippen molar-refractivity contribution in [2.45, 2.75) is 25.1 Å². The molecule has 0 unspecified atom stereocenters. The van der Waals surface area contributed by atoms with E-state index in [0.717, 1.165) is 32.0 Å². The van der Waals surface area contributed by atoms with E-state index in [2.05, 4.69) is 25.6 Å². The lowest BCUT2D eigenvalue weighted by Gasteiger charge is -2.29. The molecule has 0 atom stereocenters. The molecule has 2 rings (SSSR count). The minimum atomic E-state index is -4.53. The summed E-state index contributed by atoms with van der Waals surface area (Å²) >= 11 is 0. The first kappa shape index (κ1) is 14.8. The third-order valence-electron chi connectivity index (χ3n) is 3.22. The molecule has 112 valence electrons. The molecule has 0 bridgehead atoms. The molecule has 0 radical (unpaired) electrons. The number of anilines is 2. The summed E-state index contributed by atoms with van der Waals surface area (Å²) in [6.45, 7) is 1.80. The number of nitrogens with two attached hydrogens (primary N) is 1. The molecular formula is C11H17F3N6. The Morgan fingerprint density at radius 1 is 1.30 bits per heavy atom. The number of halogens is 3. The van der Waals surface area contributed by atoms with Gasteiger partial charge < -0.3 is 10.2 Å². The fourth-order valence-electron chi connectivity index (χ4n) is 2.09. The van der Waals surface area contributed by atoms with Crippen LogP contribution in [0.25, 0.3) is 0 Å². The predicted molar refractivity (Wildman–Crippen MR) is 69.0 cm³/mol. The molecule has 1 fully saturated rings. The molecule has 1 aromatic heterocycles. The summed E-state index contributed by atoms with van der Waals surface area (Å²) in [4.78, 5) is 9.39. The number of aromatic nitrogens is 2. The van der Waals surface area contributed by atoms with Gasteiger partial charge in [-0.25, -0.2) is 10.8 Å². The lowest BCUT2D eigenvalue weighted by molar-refractivity contribution is -0.141. The highest BCUT2D eigenvalue weighted by atomic mass is 19.4. The van der Waals surface area contributed by atoms with Gasteiger partial charge in [0.2, 0.25) is 5.95 Å². The van der Waals surface area contributed by atoms with Gasteiger partial charge >= 0.3 is 6.18 Å². The topological polar surface area (TPSA) is 79.1 Å². The Kier molecular flexibility index (Phi) is 4.29. The zero-order valence-corrected chi connectivity index (χ0v) is 11.0. The maximum absolute atomic E-state index is 12.7. The van der Waals surface area contributed by atoms with Gasteiger partial charge in [0.05, 0.1) is 0 Å². The summed E-state index contributed by atoms with van der Waals surface area (Å²) in [5.74, 6) is 4.99. The summed E-state index contributed by atoms with van der Waals surface area (Å²) in [7, 11) is 2.01. The highest BCUT2D eigenvalue weighted by molar-refractivity contribution is 5.43. The number of hydrogen-bond donors (Lipinski definition) is 3. The molecule has 4 N–H and O–H groups in total. The van der Waals surface area contributed by atoms with E-state index < -0.39 is 11.9 Å². The zero-order chi connectivity index (χ0) is 14.8. The van der Waals surface area contributed by atoms with Crippen LogP contribution in [0.4, 0.5) is 24.9 Å². The summed E-state index contributed by atoms with van der Waals surface area (Å²) < 4.78 is 38.2. The van der Waals surface area contributed by atoms with Crippen molar-refractivity contribution in [2.75, 3.05) is 30.9 Å². The first-order valence-corrected chi connectivity index (χ1v) is 6.26. The lowest BCUT2D eigenvalue weighted by Crippen LogP contribution is -2.37. The molecule has 1 aliphatic rings. The first-order chi connectivity index (χ1) is 9.38. The van der Waals surface area contributed by atoms with E-state index in [4.69, 9.17) is 5.84 Å². The number of piperidine rings is 1. The van der Waals surface area contributed by atoms with Crippen molar-refractivity contribution >= 4 is 11.8 Å². The summed E-state index contributed by atoms with van der Waals surface area (Å²) in [5, 5.41) is 3.02. The van der Waals surface area contributed by atoms with Crippen molar-refractivity contribution < 1.29 is 13.2 Å². The molecule has 1 aromatic rings. The van der Waals surface area contributed by atoms with Crippen LogP contribution in [0, 0.1) is 0 Å². The molecule has 6 nitrogen and oxygen atoms in total. The highest BCUT2D eigenvalue weighted by Gasteiger charge is 2.34. The Bertz CT molecular complexity index is 456. The second-order valence-corrected chi connectivity index (χ2v) is 4.83. The molecule has 2 heterocycles. The molecule has 0 aliphatic carbocycles. The van der Waals surface area contributed by atoms with Crippen molar-refractivity contribution in [1.29, 1.82) is 0 Å². The van der Waals surface area contributed by atoms with Gasteiger partial charge in [-0.15, -0.1) is 0 Å². The number of hydrogen-bond acceptors (Lipinski definition) is 6. The summed E-state index contributed by atoms with van der Waals surface area (Å²) in [5.41, 5.74) is 1.04. The fraction of sp³-hybridized carbons (Fsp3) is 0.636. The first-order valence-electron chi connectivity index (χ1n) is 6.26. The Labute approximate surface area is 114 Å². The third-order valence-corrected chi connectivity index (χ3v) is 3.22. The number of likely N-dealkylation sites (tertiary alicyclic amines) is 1. The average molecular weight is 290 g/mol. The molecule has 1 saturated heterocycles. The Morgan fingerprint density at radius 2 is 1.95 bits per heavy atom. The number of rotatable bonds is 3. The Balaban J connectivity index is 2.14. The van der Waals surface area contributed by atoms with Crippen LogP contribution in [0.1, 0.15) is 18.5 Å². The van der Waals surface area contributed by atoms with E-state index in [-0.39, 0.29) is 17.8 Å². The van der Waals surface area contributed by atoms with Crippen LogP contribution >= 0.6 is 0 Å². The van der Waals surface area contributed by atoms with Gasteiger partial charge in [0.1, 0.15) is 5.82 Å². The van der Waals surface area contributed by atoms with Crippen LogP contribution in [-0.2, 0) is 6.18 Å². The SMILES string of the molecule is CN1CCC(Nc2cc(C(F)(F)F)nc(NN)n2)CC1. The van der Waals surface area contributed by atoms with Gasteiger partial charge in [0.15, 0.2) is 5.69 Å². The summed E-state index contributed by atoms with van der Waals surface area (Å²) in [6, 6.07) is 1.01. The third kappa shape index (κ3) is 3.70. The fourth-order valence-corrected chi connectivity index (χ4v) is 2.09. The number of nitrogens with zero attached hydrogens (tertiary/aromatic N) is 3. The molecule has 1 aliphatic heterocycles. The molecule has 20 heavy (non-hydrogen) atoms. The molecule has 0 aromatic carbocycles. The van der Waals surface area contributed by atoms with Gasteiger partial charge in [0, 0.05) is 12.1 Å². The molecule has 9 heteroatoms. The van der Waals surface area contributed by atoms with Crippen LogP contribution in [0.15, 0.2) is 6.07 Å². The van der Waals surface area contributed by atoms with E-state index >= 15 is 0 Å². The molecular weight excluding hydrogens is 273 g/mol. The van der Waals surface area contributed by atoms with Crippen LogP contribution in [0.2, 0.25) is 0 Å². The predicted octanol–water partition coefficient (Wildman–Crippen LogP) is 1.29. The minimum absolute atomic E-state index is 0.104. The van der Waals surface area contributed by atoms with Crippen molar-refractivity contribution in [3.8, 4) is 0 Å². The smallest absolute Gasteiger partial charge is 0.367 e. The second-order valence-electron chi connectivity index (χ2n) is 4.83. The van der Waals surface area contributed by atoms with Crippen molar-refractivity contribution in [2.24, 2.45) is 5.84 Å². The van der Waals surface area contributed by atoms with Crippen LogP contribution in [-0.4, -0.2) is 41.0 Å². The van der Waals surface area contributed by atoms with Gasteiger partial charge in [-0.1, -0.05) is 0 Å². The normalized spacial score (nSPS) is 18.1. The number of nitrogen functional groups attached to an aromatic ring is 1. The molecule has 0 amide bonds. The number of hydrazine groups is 1. The standard InChI is InChI=1S/C11H17F3N6/c1-20-4-2-7(3-5-20)16-9-6-8(11(12,13)14)17-10(18-9)19-15/h6-7H,2-5,15H2,1H3,(H2,16,17,18,19). The molecule has 0 spiro atoms. The maximum atomic E-state index is 12.7. The number of alkyl halides is 3. The van der Waals surface area contributed by atoms with Gasteiger partial charge in [-0.2, -0.15) is 18.2 Å². The highest BCUT2D eigenvalue weighted by Crippen LogP contribution is 2.30. The maximum Gasteiger partial charge on any atom is 0.433 e. The van der Waals surface area contributed by atoms with Crippen molar-refractivity contribution in [3.05, 3.63) is 11.8 Å². The Morgan fingerprint density at radius 3 is 2.50 bits per heavy atom. The van der Waals surface area contributed by atoms with Gasteiger partial charge in [-0.3, -0.25) is 5.43 Å². The van der Waals surface area contributed by atoms with Crippen LogP contribution in [0.5, 0.6) is 0 Å². The summed E-state index contributed by atoms with van der Waals surface area (Å²) in [6.07, 6.45) is -2.82. The van der Waals surface area contributed by atoms with E-state index in [1.54, 1.807) is 0 Å². The van der Waals surface area contributed by atoms with Crippen molar-refractivity contribution in [1.82, 2.24) is 14.9 Å². The van der Waals surface area contributed by atoms with E-state index in [1.165, 1.54) is 0 Å². The molecule has 0 saturated carbocycles. The average Bonchev–Trinajstić information content (AvgIpc) is 2.40. The number of nitrogens with one attached hydrogen (secondary N) is 2. The Hall–Kier alpha value is -1.61. The van der Waals surface area contributed by atoms with Gasteiger partial charge in [0.25, 0.3) is 0 Å².